The van der Waals surface area contributed by atoms with Crippen molar-refractivity contribution in [2.45, 2.75) is 64.0 Å². The van der Waals surface area contributed by atoms with Gasteiger partial charge in [0.2, 0.25) is 5.91 Å². The van der Waals surface area contributed by atoms with Crippen LogP contribution in [0.1, 0.15) is 50.5 Å². The standard InChI is InChI=1S/C19H26N2O2S/c1-14(22)13-15-7-6-12-21(15)19(23)11-5-4-10-18-20-16-8-2-3-9-17(16)24-18/h2-3,8-9,14-15,22H,4-7,10-13H2,1H3. The van der Waals surface area contributed by atoms with Crippen LogP contribution in [0.3, 0.4) is 0 Å². The summed E-state index contributed by atoms with van der Waals surface area (Å²) in [5, 5.41) is 10.7. The number of aromatic nitrogens is 1. The number of rotatable bonds is 7. The molecule has 0 radical (unpaired) electrons. The quantitative estimate of drug-likeness (QED) is 0.777. The molecule has 1 aromatic carbocycles. The van der Waals surface area contributed by atoms with Crippen molar-refractivity contribution in [1.29, 1.82) is 0 Å². The van der Waals surface area contributed by atoms with E-state index in [2.05, 4.69) is 17.1 Å². The van der Waals surface area contributed by atoms with E-state index in [1.807, 2.05) is 17.0 Å². The van der Waals surface area contributed by atoms with E-state index in [9.17, 15) is 9.90 Å². The van der Waals surface area contributed by atoms with E-state index in [0.717, 1.165) is 49.2 Å². The van der Waals surface area contributed by atoms with Crippen LogP contribution in [0.25, 0.3) is 10.2 Å². The summed E-state index contributed by atoms with van der Waals surface area (Å²) in [6.45, 7) is 2.66. The Labute approximate surface area is 147 Å². The number of carbonyl (C=O) groups is 1. The Kier molecular flexibility index (Phi) is 5.85. The number of aryl methyl sites for hydroxylation is 1. The van der Waals surface area contributed by atoms with Gasteiger partial charge in [0, 0.05) is 19.0 Å². The monoisotopic (exact) mass is 346 g/mol. The van der Waals surface area contributed by atoms with Crippen molar-refractivity contribution in [3.05, 3.63) is 29.3 Å². The number of hydrogen-bond acceptors (Lipinski definition) is 4. The van der Waals surface area contributed by atoms with Crippen LogP contribution in [0.5, 0.6) is 0 Å². The van der Waals surface area contributed by atoms with E-state index in [-0.39, 0.29) is 18.1 Å². The number of nitrogens with zero attached hydrogens (tertiary/aromatic N) is 2. The second kappa shape index (κ2) is 8.08. The molecule has 4 nitrogen and oxygen atoms in total. The normalized spacial score (nSPS) is 19.1. The van der Waals surface area contributed by atoms with Gasteiger partial charge < -0.3 is 10.0 Å². The number of amides is 1. The maximum Gasteiger partial charge on any atom is 0.222 e. The summed E-state index contributed by atoms with van der Waals surface area (Å²) in [6, 6.07) is 8.46. The van der Waals surface area contributed by atoms with Gasteiger partial charge in [-0.15, -0.1) is 11.3 Å². The molecular weight excluding hydrogens is 320 g/mol. The average molecular weight is 346 g/mol. The van der Waals surface area contributed by atoms with Crippen LogP contribution in [0.2, 0.25) is 0 Å². The summed E-state index contributed by atoms with van der Waals surface area (Å²) in [4.78, 5) is 19.1. The molecule has 1 fully saturated rings. The van der Waals surface area contributed by atoms with Gasteiger partial charge in [0.1, 0.15) is 0 Å². The Balaban J connectivity index is 1.43. The predicted molar refractivity (Wildman–Crippen MR) is 98.2 cm³/mol. The number of aliphatic hydroxyl groups is 1. The van der Waals surface area contributed by atoms with Crippen LogP contribution in [0.4, 0.5) is 0 Å². The molecule has 0 spiro atoms. The highest BCUT2D eigenvalue weighted by Crippen LogP contribution is 2.24. The van der Waals surface area contributed by atoms with Crippen LogP contribution < -0.4 is 0 Å². The third-order valence-electron chi connectivity index (χ3n) is 4.68. The first-order valence-corrected chi connectivity index (χ1v) is 9.77. The average Bonchev–Trinajstić information content (AvgIpc) is 3.16. The molecule has 24 heavy (non-hydrogen) atoms. The first kappa shape index (κ1) is 17.4. The van der Waals surface area contributed by atoms with Crippen molar-refractivity contribution in [2.24, 2.45) is 0 Å². The molecule has 2 aromatic rings. The van der Waals surface area contributed by atoms with Crippen molar-refractivity contribution in [3.63, 3.8) is 0 Å². The van der Waals surface area contributed by atoms with E-state index in [0.29, 0.717) is 12.8 Å². The lowest BCUT2D eigenvalue weighted by Crippen LogP contribution is -2.37. The molecule has 2 heterocycles. The fourth-order valence-electron chi connectivity index (χ4n) is 3.53. The molecule has 5 heteroatoms. The Morgan fingerprint density at radius 2 is 2.25 bits per heavy atom. The minimum Gasteiger partial charge on any atom is -0.393 e. The highest BCUT2D eigenvalue weighted by Gasteiger charge is 2.28. The zero-order chi connectivity index (χ0) is 16.9. The number of benzene rings is 1. The van der Waals surface area contributed by atoms with Gasteiger partial charge in [-0.1, -0.05) is 12.1 Å². The predicted octanol–water partition coefficient (Wildman–Crippen LogP) is 3.77. The van der Waals surface area contributed by atoms with Gasteiger partial charge in [0.05, 0.1) is 21.3 Å². The minimum atomic E-state index is -0.331. The Morgan fingerprint density at radius 1 is 1.42 bits per heavy atom. The van der Waals surface area contributed by atoms with Crippen LogP contribution in [0, 0.1) is 0 Å². The van der Waals surface area contributed by atoms with Gasteiger partial charge in [-0.2, -0.15) is 0 Å². The van der Waals surface area contributed by atoms with Gasteiger partial charge in [-0.3, -0.25) is 4.79 Å². The molecule has 0 saturated carbocycles. The zero-order valence-electron chi connectivity index (χ0n) is 14.3. The smallest absolute Gasteiger partial charge is 0.222 e. The molecule has 1 aliphatic heterocycles. The van der Waals surface area contributed by atoms with E-state index < -0.39 is 0 Å². The van der Waals surface area contributed by atoms with E-state index in [1.54, 1.807) is 18.3 Å². The number of fused-ring (bicyclic) bond motifs is 1. The molecule has 0 bridgehead atoms. The first-order valence-electron chi connectivity index (χ1n) is 8.95. The second-order valence-corrected chi connectivity index (χ2v) is 7.87. The molecular formula is C19H26N2O2S. The number of hydrogen-bond donors (Lipinski definition) is 1. The summed E-state index contributed by atoms with van der Waals surface area (Å²) < 4.78 is 1.24. The third-order valence-corrected chi connectivity index (χ3v) is 5.78. The van der Waals surface area contributed by atoms with Crippen molar-refractivity contribution in [1.82, 2.24) is 9.88 Å². The number of likely N-dealkylation sites (tertiary alicyclic amines) is 1. The first-order chi connectivity index (χ1) is 11.6. The summed E-state index contributed by atoms with van der Waals surface area (Å²) in [7, 11) is 0. The van der Waals surface area contributed by atoms with Crippen LogP contribution in [0.15, 0.2) is 24.3 Å². The molecule has 1 aliphatic rings. The summed E-state index contributed by atoms with van der Waals surface area (Å²) in [6.07, 6.45) is 5.94. The Morgan fingerprint density at radius 3 is 3.04 bits per heavy atom. The maximum absolute atomic E-state index is 12.4. The number of carbonyl (C=O) groups excluding carboxylic acids is 1. The fraction of sp³-hybridized carbons (Fsp3) is 0.579. The van der Waals surface area contributed by atoms with Gasteiger partial charge in [0.25, 0.3) is 0 Å². The van der Waals surface area contributed by atoms with Gasteiger partial charge >= 0.3 is 0 Å². The largest absolute Gasteiger partial charge is 0.393 e. The van der Waals surface area contributed by atoms with Crippen LogP contribution in [-0.4, -0.2) is 39.6 Å². The highest BCUT2D eigenvalue weighted by atomic mass is 32.1. The number of thiazole rings is 1. The third kappa shape index (κ3) is 4.33. The second-order valence-electron chi connectivity index (χ2n) is 6.75. The molecule has 1 aromatic heterocycles. The zero-order valence-corrected chi connectivity index (χ0v) is 15.1. The molecule has 2 atom stereocenters. The molecule has 130 valence electrons. The van der Waals surface area contributed by atoms with Gasteiger partial charge in [0.15, 0.2) is 0 Å². The van der Waals surface area contributed by atoms with Gasteiger partial charge in [-0.05, 0) is 57.6 Å². The van der Waals surface area contributed by atoms with Crippen LogP contribution >= 0.6 is 11.3 Å². The van der Waals surface area contributed by atoms with Crippen molar-refractivity contribution in [3.8, 4) is 0 Å². The van der Waals surface area contributed by atoms with Crippen molar-refractivity contribution < 1.29 is 9.90 Å². The number of aliphatic hydroxyl groups excluding tert-OH is 1. The number of unbranched alkanes of at least 4 members (excludes halogenated alkanes) is 1. The van der Waals surface area contributed by atoms with Gasteiger partial charge in [-0.25, -0.2) is 4.98 Å². The van der Waals surface area contributed by atoms with Crippen molar-refractivity contribution in [2.75, 3.05) is 6.54 Å². The topological polar surface area (TPSA) is 53.4 Å². The summed E-state index contributed by atoms with van der Waals surface area (Å²) >= 11 is 1.75. The molecule has 2 unspecified atom stereocenters. The van der Waals surface area contributed by atoms with Crippen LogP contribution in [-0.2, 0) is 11.2 Å². The lowest BCUT2D eigenvalue weighted by atomic mass is 10.1. The Bertz CT molecular complexity index is 650. The van der Waals surface area contributed by atoms with E-state index >= 15 is 0 Å². The van der Waals surface area contributed by atoms with E-state index in [1.165, 1.54) is 4.70 Å². The molecule has 0 aliphatic carbocycles. The molecule has 3 rings (SSSR count). The lowest BCUT2D eigenvalue weighted by Gasteiger charge is -2.25. The van der Waals surface area contributed by atoms with Crippen molar-refractivity contribution >= 4 is 27.5 Å². The molecule has 1 amide bonds. The minimum absolute atomic E-state index is 0.238. The molecule has 1 N–H and O–H groups in total. The number of para-hydroxylation sites is 1. The molecule has 1 saturated heterocycles. The summed E-state index contributed by atoms with van der Waals surface area (Å²) in [5.41, 5.74) is 1.08. The lowest BCUT2D eigenvalue weighted by molar-refractivity contribution is -0.132. The highest BCUT2D eigenvalue weighted by molar-refractivity contribution is 7.18. The SMILES string of the molecule is CC(O)CC1CCCN1C(=O)CCCCc1nc2ccccc2s1. The summed E-state index contributed by atoms with van der Waals surface area (Å²) in [5.74, 6) is 0.252. The fourth-order valence-corrected chi connectivity index (χ4v) is 4.53. The maximum atomic E-state index is 12.4. The Hall–Kier alpha value is -1.46. The van der Waals surface area contributed by atoms with E-state index in [4.69, 9.17) is 0 Å².